The minimum atomic E-state index is -0.507. The van der Waals surface area contributed by atoms with Crippen LogP contribution in [0.5, 0.6) is 0 Å². The Hall–Kier alpha value is -3.82. The highest BCUT2D eigenvalue weighted by atomic mass is 79.9. The van der Waals surface area contributed by atoms with Crippen molar-refractivity contribution in [2.75, 3.05) is 5.32 Å². The number of rotatable bonds is 8. The summed E-state index contributed by atoms with van der Waals surface area (Å²) in [6.45, 7) is 0. The Balaban J connectivity index is 1.44. The maximum atomic E-state index is 13.0. The molecule has 4 aromatic rings. The summed E-state index contributed by atoms with van der Waals surface area (Å²) in [4.78, 5) is 30.9. The predicted octanol–water partition coefficient (Wildman–Crippen LogP) is 6.29. The number of hydrazone groups is 1. The molecule has 0 atom stereocenters. The number of anilines is 1. The predicted molar refractivity (Wildman–Crippen MR) is 144 cm³/mol. The molecule has 6 nitrogen and oxygen atoms in total. The van der Waals surface area contributed by atoms with E-state index in [2.05, 4.69) is 36.8 Å². The number of thioether (sulfide) groups is 1. The zero-order valence-corrected chi connectivity index (χ0v) is 21.2. The summed E-state index contributed by atoms with van der Waals surface area (Å²) < 4.78 is 13.7. The molecule has 0 aliphatic carbocycles. The standard InChI is InChI=1S/C27H20BrFN4O2S/c28-21-6-9-25(24(15-21)27(35)33-31-16-18-4-7-22(29)8-5-18)32-26(34)20-3-1-2-19(14-20)17-36-23-10-12-30-13-11-23/h1-16H,17H2,(H,32,34)(H,33,35). The highest BCUT2D eigenvalue weighted by molar-refractivity contribution is 9.10. The van der Waals surface area contributed by atoms with E-state index in [9.17, 15) is 14.0 Å². The molecule has 1 heterocycles. The van der Waals surface area contributed by atoms with Crippen molar-refractivity contribution in [3.05, 3.63) is 124 Å². The fourth-order valence-corrected chi connectivity index (χ4v) is 4.37. The van der Waals surface area contributed by atoms with Gasteiger partial charge in [-0.05, 0) is 65.7 Å². The quantitative estimate of drug-likeness (QED) is 0.150. The fourth-order valence-electron chi connectivity index (χ4n) is 3.19. The highest BCUT2D eigenvalue weighted by Gasteiger charge is 2.15. The summed E-state index contributed by atoms with van der Waals surface area (Å²) >= 11 is 5.01. The van der Waals surface area contributed by atoms with Gasteiger partial charge < -0.3 is 5.32 Å². The lowest BCUT2D eigenvalue weighted by Crippen LogP contribution is -2.21. The van der Waals surface area contributed by atoms with Crippen LogP contribution in [0.4, 0.5) is 10.1 Å². The van der Waals surface area contributed by atoms with E-state index in [1.54, 1.807) is 60.6 Å². The van der Waals surface area contributed by atoms with Crippen molar-refractivity contribution < 1.29 is 14.0 Å². The van der Waals surface area contributed by atoms with E-state index in [1.165, 1.54) is 18.3 Å². The van der Waals surface area contributed by atoms with Gasteiger partial charge in [-0.15, -0.1) is 11.8 Å². The van der Waals surface area contributed by atoms with Crippen molar-refractivity contribution in [1.29, 1.82) is 0 Å². The third-order valence-corrected chi connectivity index (χ3v) is 6.54. The van der Waals surface area contributed by atoms with E-state index < -0.39 is 5.91 Å². The summed E-state index contributed by atoms with van der Waals surface area (Å²) in [5, 5.41) is 6.75. The number of hydrogen-bond acceptors (Lipinski definition) is 5. The number of aromatic nitrogens is 1. The normalized spacial score (nSPS) is 10.8. The Kier molecular flexibility index (Phi) is 8.59. The number of amides is 2. The van der Waals surface area contributed by atoms with Crippen molar-refractivity contribution in [1.82, 2.24) is 10.4 Å². The maximum absolute atomic E-state index is 13.0. The first-order chi connectivity index (χ1) is 17.5. The van der Waals surface area contributed by atoms with Crippen LogP contribution in [0, 0.1) is 5.82 Å². The van der Waals surface area contributed by atoms with Gasteiger partial charge in [0.15, 0.2) is 0 Å². The zero-order chi connectivity index (χ0) is 25.3. The highest BCUT2D eigenvalue weighted by Crippen LogP contribution is 2.24. The summed E-state index contributed by atoms with van der Waals surface area (Å²) in [5.41, 5.74) is 5.12. The van der Waals surface area contributed by atoms with E-state index in [4.69, 9.17) is 0 Å². The molecule has 4 rings (SSSR count). The Morgan fingerprint density at radius 3 is 2.53 bits per heavy atom. The summed E-state index contributed by atoms with van der Waals surface area (Å²) in [6.07, 6.45) is 4.89. The number of halogens is 2. The summed E-state index contributed by atoms with van der Waals surface area (Å²) in [5.74, 6) is -0.503. The van der Waals surface area contributed by atoms with Gasteiger partial charge in [0.1, 0.15) is 5.82 Å². The second-order valence-electron chi connectivity index (χ2n) is 7.57. The molecule has 0 saturated carbocycles. The molecule has 2 N–H and O–H groups in total. The largest absolute Gasteiger partial charge is 0.321 e. The minimum Gasteiger partial charge on any atom is -0.321 e. The third-order valence-electron chi connectivity index (χ3n) is 4.97. The van der Waals surface area contributed by atoms with E-state index in [0.717, 1.165) is 10.5 Å². The molecule has 0 radical (unpaired) electrons. The summed E-state index contributed by atoms with van der Waals surface area (Å²) in [6, 6.07) is 21.9. The summed E-state index contributed by atoms with van der Waals surface area (Å²) in [7, 11) is 0. The Morgan fingerprint density at radius 1 is 0.972 bits per heavy atom. The van der Waals surface area contributed by atoms with Crippen LogP contribution in [-0.2, 0) is 5.75 Å². The van der Waals surface area contributed by atoms with Crippen LogP contribution in [-0.4, -0.2) is 23.0 Å². The van der Waals surface area contributed by atoms with E-state index in [1.807, 2.05) is 30.3 Å². The average Bonchev–Trinajstić information content (AvgIpc) is 2.90. The van der Waals surface area contributed by atoms with Crippen molar-refractivity contribution in [2.45, 2.75) is 10.6 Å². The van der Waals surface area contributed by atoms with E-state index >= 15 is 0 Å². The first kappa shape index (κ1) is 25.3. The lowest BCUT2D eigenvalue weighted by atomic mass is 10.1. The van der Waals surface area contributed by atoms with Gasteiger partial charge in [-0.1, -0.05) is 40.2 Å². The Labute approximate surface area is 220 Å². The first-order valence-corrected chi connectivity index (χ1v) is 12.6. The molecular weight excluding hydrogens is 543 g/mol. The number of hydrogen-bond donors (Lipinski definition) is 2. The van der Waals surface area contributed by atoms with Crippen molar-refractivity contribution >= 4 is 51.4 Å². The van der Waals surface area contributed by atoms with Crippen LogP contribution in [0.1, 0.15) is 31.8 Å². The molecule has 9 heteroatoms. The SMILES string of the molecule is O=C(Nc1ccc(Br)cc1C(=O)NN=Cc1ccc(F)cc1)c1cccc(CSc2ccncc2)c1. The van der Waals surface area contributed by atoms with Gasteiger partial charge >= 0.3 is 0 Å². The molecule has 1 aromatic heterocycles. The topological polar surface area (TPSA) is 83.5 Å². The smallest absolute Gasteiger partial charge is 0.273 e. The zero-order valence-electron chi connectivity index (χ0n) is 18.8. The van der Waals surface area contributed by atoms with Crippen molar-refractivity contribution in [3.8, 4) is 0 Å². The van der Waals surface area contributed by atoms with Gasteiger partial charge in [0.25, 0.3) is 11.8 Å². The molecule has 180 valence electrons. The second-order valence-corrected chi connectivity index (χ2v) is 9.53. The molecule has 0 aliphatic heterocycles. The average molecular weight is 563 g/mol. The molecule has 36 heavy (non-hydrogen) atoms. The number of carbonyl (C=O) groups excluding carboxylic acids is 2. The monoisotopic (exact) mass is 562 g/mol. The van der Waals surface area contributed by atoms with E-state index in [-0.39, 0.29) is 17.3 Å². The molecule has 0 unspecified atom stereocenters. The Morgan fingerprint density at radius 2 is 1.75 bits per heavy atom. The molecule has 0 fully saturated rings. The molecule has 3 aromatic carbocycles. The lowest BCUT2D eigenvalue weighted by molar-refractivity contribution is 0.0956. The van der Waals surface area contributed by atoms with Crippen LogP contribution in [0.25, 0.3) is 0 Å². The van der Waals surface area contributed by atoms with Crippen molar-refractivity contribution in [3.63, 3.8) is 0 Å². The molecule has 0 saturated heterocycles. The first-order valence-electron chi connectivity index (χ1n) is 10.8. The van der Waals surface area contributed by atoms with Crippen LogP contribution < -0.4 is 10.7 Å². The minimum absolute atomic E-state index is 0.235. The third kappa shape index (κ3) is 7.10. The van der Waals surface area contributed by atoms with Gasteiger partial charge in [0, 0.05) is 33.1 Å². The number of carbonyl (C=O) groups is 2. The van der Waals surface area contributed by atoms with E-state index in [0.29, 0.717) is 27.0 Å². The van der Waals surface area contributed by atoms with Gasteiger partial charge in [-0.25, -0.2) is 9.82 Å². The van der Waals surface area contributed by atoms with Gasteiger partial charge in [0.05, 0.1) is 17.5 Å². The number of nitrogens with zero attached hydrogens (tertiary/aromatic N) is 2. The number of benzene rings is 3. The maximum Gasteiger partial charge on any atom is 0.273 e. The molecule has 0 bridgehead atoms. The van der Waals surface area contributed by atoms with Crippen LogP contribution >= 0.6 is 27.7 Å². The Bertz CT molecular complexity index is 1400. The second kappa shape index (κ2) is 12.2. The molecule has 2 amide bonds. The van der Waals surface area contributed by atoms with Crippen LogP contribution in [0.2, 0.25) is 0 Å². The van der Waals surface area contributed by atoms with Gasteiger partial charge in [-0.2, -0.15) is 5.10 Å². The fraction of sp³-hybridized carbons (Fsp3) is 0.0370. The number of nitrogens with one attached hydrogen (secondary N) is 2. The molecular formula is C27H20BrFN4O2S. The van der Waals surface area contributed by atoms with Gasteiger partial charge in [-0.3, -0.25) is 14.6 Å². The van der Waals surface area contributed by atoms with Gasteiger partial charge in [0.2, 0.25) is 0 Å². The lowest BCUT2D eigenvalue weighted by Gasteiger charge is -2.11. The van der Waals surface area contributed by atoms with Crippen LogP contribution in [0.15, 0.2) is 106 Å². The molecule has 0 aliphatic rings. The molecule has 0 spiro atoms. The van der Waals surface area contributed by atoms with Crippen molar-refractivity contribution in [2.24, 2.45) is 5.10 Å². The van der Waals surface area contributed by atoms with Crippen LogP contribution in [0.3, 0.4) is 0 Å². The number of pyridine rings is 1.